The SMILES string of the molecule is CC(C)[C@@](C)(c1ccc(-c2noc(C(C)(C)N)n2)cc1)c1ccc(OCc2ccccn2)cn1. The normalized spacial score (nSPS) is 13.6. The van der Waals surface area contributed by atoms with Crippen LogP contribution in [0.5, 0.6) is 5.75 Å². The van der Waals surface area contributed by atoms with Crippen molar-refractivity contribution >= 4 is 0 Å². The van der Waals surface area contributed by atoms with E-state index in [1.54, 1.807) is 12.4 Å². The Morgan fingerprint density at radius 2 is 1.74 bits per heavy atom. The molecule has 0 fully saturated rings. The lowest BCUT2D eigenvalue weighted by Gasteiger charge is -2.34. The summed E-state index contributed by atoms with van der Waals surface area (Å²) in [4.78, 5) is 13.5. The van der Waals surface area contributed by atoms with Gasteiger partial charge >= 0.3 is 0 Å². The molecule has 0 amide bonds. The van der Waals surface area contributed by atoms with Crippen LogP contribution in [0, 0.1) is 5.92 Å². The molecule has 0 aliphatic rings. The molecule has 7 heteroatoms. The Kier molecular flexibility index (Phi) is 6.48. The fourth-order valence-electron chi connectivity index (χ4n) is 3.76. The molecule has 0 saturated heterocycles. The lowest BCUT2D eigenvalue weighted by atomic mass is 9.70. The van der Waals surface area contributed by atoms with E-state index < -0.39 is 5.54 Å². The summed E-state index contributed by atoms with van der Waals surface area (Å²) in [6.07, 6.45) is 3.54. The Hall–Kier alpha value is -3.58. The number of hydrogen-bond donors (Lipinski definition) is 1. The molecule has 4 rings (SSSR count). The van der Waals surface area contributed by atoms with Crippen LogP contribution in [0.4, 0.5) is 0 Å². The molecule has 4 aromatic rings. The van der Waals surface area contributed by atoms with Gasteiger partial charge in [-0.3, -0.25) is 9.97 Å². The summed E-state index contributed by atoms with van der Waals surface area (Å²) in [5.74, 6) is 1.96. The average Bonchev–Trinajstić information content (AvgIpc) is 3.34. The largest absolute Gasteiger partial charge is 0.486 e. The second-order valence-electron chi connectivity index (χ2n) is 9.57. The van der Waals surface area contributed by atoms with Crippen molar-refractivity contribution in [3.05, 3.63) is 89.8 Å². The highest BCUT2D eigenvalue weighted by atomic mass is 16.5. The Labute approximate surface area is 200 Å². The van der Waals surface area contributed by atoms with Gasteiger partial charge in [0.1, 0.15) is 12.4 Å². The molecule has 0 radical (unpaired) electrons. The van der Waals surface area contributed by atoms with Crippen molar-refractivity contribution in [1.82, 2.24) is 20.1 Å². The van der Waals surface area contributed by atoms with E-state index in [1.807, 2.05) is 56.3 Å². The van der Waals surface area contributed by atoms with E-state index in [9.17, 15) is 0 Å². The summed E-state index contributed by atoms with van der Waals surface area (Å²) < 4.78 is 11.2. The highest BCUT2D eigenvalue weighted by Crippen LogP contribution is 2.39. The predicted molar refractivity (Wildman–Crippen MR) is 131 cm³/mol. The molecular formula is C27H31N5O2. The lowest BCUT2D eigenvalue weighted by molar-refractivity contribution is 0.299. The van der Waals surface area contributed by atoms with Crippen LogP contribution in [0.1, 0.15) is 57.5 Å². The van der Waals surface area contributed by atoms with Crippen molar-refractivity contribution < 1.29 is 9.26 Å². The highest BCUT2D eigenvalue weighted by Gasteiger charge is 2.34. The van der Waals surface area contributed by atoms with Gasteiger partial charge in [-0.25, -0.2) is 0 Å². The number of hydrogen-bond acceptors (Lipinski definition) is 7. The topological polar surface area (TPSA) is 100.0 Å². The Morgan fingerprint density at radius 3 is 2.29 bits per heavy atom. The first-order valence-corrected chi connectivity index (χ1v) is 11.4. The minimum absolute atomic E-state index is 0.292. The second kappa shape index (κ2) is 9.35. The number of nitrogens with two attached hydrogens (primary N) is 1. The molecule has 0 unspecified atom stereocenters. The number of rotatable bonds is 8. The van der Waals surface area contributed by atoms with Gasteiger partial charge in [-0.1, -0.05) is 49.3 Å². The molecular weight excluding hydrogens is 426 g/mol. The third-order valence-electron chi connectivity index (χ3n) is 6.26. The first-order chi connectivity index (χ1) is 16.2. The minimum atomic E-state index is -0.680. The molecule has 0 saturated carbocycles. The number of pyridine rings is 2. The Balaban J connectivity index is 1.55. The Morgan fingerprint density at radius 1 is 0.971 bits per heavy atom. The average molecular weight is 458 g/mol. The molecule has 1 atom stereocenters. The molecule has 2 N–H and O–H groups in total. The van der Waals surface area contributed by atoms with Crippen LogP contribution >= 0.6 is 0 Å². The first kappa shape index (κ1) is 23.6. The van der Waals surface area contributed by atoms with E-state index in [0.717, 1.165) is 22.5 Å². The molecule has 3 heterocycles. The molecule has 176 valence electrons. The van der Waals surface area contributed by atoms with Crippen LogP contribution in [0.15, 0.2) is 71.5 Å². The quantitative estimate of drug-likeness (QED) is 0.385. The summed E-state index contributed by atoms with van der Waals surface area (Å²) in [6, 6.07) is 18.0. The third kappa shape index (κ3) is 4.84. The van der Waals surface area contributed by atoms with Gasteiger partial charge < -0.3 is 15.0 Å². The third-order valence-corrected chi connectivity index (χ3v) is 6.26. The van der Waals surface area contributed by atoms with Crippen LogP contribution in [0.2, 0.25) is 0 Å². The first-order valence-electron chi connectivity index (χ1n) is 11.4. The molecule has 0 spiro atoms. The fourth-order valence-corrected chi connectivity index (χ4v) is 3.76. The highest BCUT2D eigenvalue weighted by molar-refractivity contribution is 5.56. The zero-order valence-corrected chi connectivity index (χ0v) is 20.3. The summed E-state index contributed by atoms with van der Waals surface area (Å²) in [7, 11) is 0. The van der Waals surface area contributed by atoms with Crippen LogP contribution in [0.25, 0.3) is 11.4 Å². The molecule has 0 aliphatic carbocycles. The summed E-state index contributed by atoms with van der Waals surface area (Å²) in [5, 5.41) is 4.09. The van der Waals surface area contributed by atoms with E-state index in [4.69, 9.17) is 20.0 Å². The summed E-state index contributed by atoms with van der Waals surface area (Å²) in [6.45, 7) is 10.7. The van der Waals surface area contributed by atoms with Gasteiger partial charge in [0.25, 0.3) is 0 Å². The van der Waals surface area contributed by atoms with Crippen LogP contribution in [-0.4, -0.2) is 20.1 Å². The summed E-state index contributed by atoms with van der Waals surface area (Å²) >= 11 is 0. The van der Waals surface area contributed by atoms with Gasteiger partial charge in [0.2, 0.25) is 11.7 Å². The van der Waals surface area contributed by atoms with E-state index in [1.165, 1.54) is 0 Å². The molecule has 1 aromatic carbocycles. The van der Waals surface area contributed by atoms with Crippen molar-refractivity contribution in [1.29, 1.82) is 0 Å². The van der Waals surface area contributed by atoms with Crippen molar-refractivity contribution in [3.8, 4) is 17.1 Å². The van der Waals surface area contributed by atoms with E-state index in [0.29, 0.717) is 30.0 Å². The number of benzene rings is 1. The van der Waals surface area contributed by atoms with Crippen molar-refractivity contribution in [2.75, 3.05) is 0 Å². The van der Waals surface area contributed by atoms with Crippen LogP contribution < -0.4 is 10.5 Å². The molecule has 7 nitrogen and oxygen atoms in total. The monoisotopic (exact) mass is 457 g/mol. The van der Waals surface area contributed by atoms with Gasteiger partial charge in [0, 0.05) is 17.2 Å². The van der Waals surface area contributed by atoms with Gasteiger partial charge in [0.15, 0.2) is 0 Å². The van der Waals surface area contributed by atoms with Crippen LogP contribution in [0.3, 0.4) is 0 Å². The predicted octanol–water partition coefficient (Wildman–Crippen LogP) is 5.26. The van der Waals surface area contributed by atoms with E-state index in [2.05, 4.69) is 48.0 Å². The zero-order chi connectivity index (χ0) is 24.3. The molecule has 0 bridgehead atoms. The molecule has 3 aromatic heterocycles. The number of ether oxygens (including phenoxy) is 1. The number of nitrogens with zero attached hydrogens (tertiary/aromatic N) is 4. The maximum atomic E-state index is 6.07. The van der Waals surface area contributed by atoms with Crippen molar-refractivity contribution in [3.63, 3.8) is 0 Å². The smallest absolute Gasteiger partial charge is 0.246 e. The summed E-state index contributed by atoms with van der Waals surface area (Å²) in [5.41, 5.74) is 8.99. The molecule has 34 heavy (non-hydrogen) atoms. The molecule has 0 aliphatic heterocycles. The maximum Gasteiger partial charge on any atom is 0.246 e. The van der Waals surface area contributed by atoms with Gasteiger partial charge in [-0.2, -0.15) is 4.98 Å². The minimum Gasteiger partial charge on any atom is -0.486 e. The van der Waals surface area contributed by atoms with Gasteiger partial charge in [-0.05, 0) is 56.5 Å². The van der Waals surface area contributed by atoms with E-state index in [-0.39, 0.29) is 5.41 Å². The maximum absolute atomic E-state index is 6.07. The zero-order valence-electron chi connectivity index (χ0n) is 20.3. The van der Waals surface area contributed by atoms with Crippen molar-refractivity contribution in [2.24, 2.45) is 11.7 Å². The van der Waals surface area contributed by atoms with E-state index >= 15 is 0 Å². The lowest BCUT2D eigenvalue weighted by Crippen LogP contribution is -2.31. The Bertz CT molecular complexity index is 1210. The standard InChI is InChI=1S/C27H31N5O2/c1-18(2)27(5,23-14-13-22(16-30-23)33-17-21-8-6-7-15-29-21)20-11-9-19(10-12-20)24-31-25(34-32-24)26(3,4)28/h6-16,18H,17,28H2,1-5H3/t27-/m0/s1. The fraction of sp³-hybridized carbons (Fsp3) is 0.333. The van der Waals surface area contributed by atoms with Crippen molar-refractivity contribution in [2.45, 2.75) is 52.2 Å². The van der Waals surface area contributed by atoms with Gasteiger partial charge in [0.05, 0.1) is 23.1 Å². The van der Waals surface area contributed by atoms with Gasteiger partial charge in [-0.15, -0.1) is 0 Å². The van der Waals surface area contributed by atoms with Crippen LogP contribution in [-0.2, 0) is 17.6 Å². The number of aromatic nitrogens is 4. The second-order valence-corrected chi connectivity index (χ2v) is 9.57.